The number of aryl methyl sites for hydroxylation is 1. The minimum Gasteiger partial charge on any atom is -0.455 e. The Morgan fingerprint density at radius 3 is 2.13 bits per heavy atom. The van der Waals surface area contributed by atoms with Gasteiger partial charge < -0.3 is 4.42 Å². The first kappa shape index (κ1) is 27.6. The lowest BCUT2D eigenvalue weighted by molar-refractivity contribution is 0.436. The van der Waals surface area contributed by atoms with Gasteiger partial charge in [0, 0.05) is 27.9 Å². The van der Waals surface area contributed by atoms with Gasteiger partial charge in [-0.2, -0.15) is 0 Å². The van der Waals surface area contributed by atoms with Crippen LogP contribution in [-0.2, 0) is 5.41 Å². The van der Waals surface area contributed by atoms with Crippen LogP contribution in [0, 0.1) is 6.92 Å². The number of rotatable bonds is 7. The molecule has 0 saturated heterocycles. The minimum absolute atomic E-state index is 0.104. The molecule has 220 valence electrons. The van der Waals surface area contributed by atoms with Crippen molar-refractivity contribution in [2.45, 2.75) is 51.9 Å². The molecule has 0 radical (unpaired) electrons. The van der Waals surface area contributed by atoms with E-state index >= 15 is 0 Å². The highest BCUT2D eigenvalue weighted by Crippen LogP contribution is 2.54. The molecule has 0 aliphatic heterocycles. The molecular weight excluding hydrogens is 546 g/mol. The van der Waals surface area contributed by atoms with Crippen molar-refractivity contribution in [1.29, 1.82) is 0 Å². The van der Waals surface area contributed by atoms with Crippen molar-refractivity contribution in [2.24, 2.45) is 0 Å². The van der Waals surface area contributed by atoms with E-state index in [1.807, 2.05) is 12.3 Å². The first-order chi connectivity index (χ1) is 22.1. The lowest BCUT2D eigenvalue weighted by Crippen LogP contribution is -2.24. The lowest BCUT2D eigenvalue weighted by atomic mass is 9.71. The van der Waals surface area contributed by atoms with Crippen LogP contribution in [0.25, 0.3) is 66.6 Å². The number of benzene rings is 5. The molecule has 2 heterocycles. The van der Waals surface area contributed by atoms with Gasteiger partial charge in [-0.3, -0.25) is 4.98 Å². The van der Waals surface area contributed by atoms with Crippen LogP contribution in [0.1, 0.15) is 56.2 Å². The van der Waals surface area contributed by atoms with Crippen LogP contribution in [-0.4, -0.2) is 4.98 Å². The van der Waals surface area contributed by atoms with Crippen molar-refractivity contribution in [3.05, 3.63) is 138 Å². The Labute approximate surface area is 265 Å². The van der Waals surface area contributed by atoms with Crippen LogP contribution in [0.5, 0.6) is 0 Å². The predicted octanol–water partition coefficient (Wildman–Crippen LogP) is 12.2. The fraction of sp³-hybridized carbons (Fsp3) is 0.186. The molecule has 0 bridgehead atoms. The topological polar surface area (TPSA) is 26.0 Å². The summed E-state index contributed by atoms with van der Waals surface area (Å²) < 4.78 is 6.65. The third-order valence-electron chi connectivity index (χ3n) is 9.93. The summed E-state index contributed by atoms with van der Waals surface area (Å²) >= 11 is 0. The number of fused-ring (bicyclic) bond motifs is 6. The summed E-state index contributed by atoms with van der Waals surface area (Å²) in [6.45, 7) is 6.80. The predicted molar refractivity (Wildman–Crippen MR) is 189 cm³/mol. The Bertz CT molecular complexity index is 2200. The van der Waals surface area contributed by atoms with E-state index in [0.717, 1.165) is 38.8 Å². The maximum atomic E-state index is 6.65. The highest BCUT2D eigenvalue weighted by Gasteiger charge is 2.41. The van der Waals surface area contributed by atoms with Crippen molar-refractivity contribution in [1.82, 2.24) is 4.98 Å². The number of nitrogens with zero attached hydrogens (tertiary/aromatic N) is 1. The Morgan fingerprint density at radius 1 is 0.600 bits per heavy atom. The summed E-state index contributed by atoms with van der Waals surface area (Å²) in [7, 11) is 0. The number of hydrogen-bond acceptors (Lipinski definition) is 2. The zero-order chi connectivity index (χ0) is 30.5. The number of furan rings is 1. The molecule has 0 fully saturated rings. The third-order valence-corrected chi connectivity index (χ3v) is 9.93. The average molecular weight is 584 g/mol. The fourth-order valence-corrected chi connectivity index (χ4v) is 7.98. The Hall–Kier alpha value is -4.95. The van der Waals surface area contributed by atoms with Gasteiger partial charge in [-0.1, -0.05) is 106 Å². The van der Waals surface area contributed by atoms with Gasteiger partial charge in [0.1, 0.15) is 11.2 Å². The normalized spacial score (nSPS) is 13.3. The summed E-state index contributed by atoms with van der Waals surface area (Å²) in [6, 6.07) is 42.0. The van der Waals surface area contributed by atoms with E-state index in [2.05, 4.69) is 130 Å². The molecule has 0 N–H and O–H groups in total. The molecule has 2 nitrogen and oxygen atoms in total. The molecule has 1 aliphatic rings. The highest BCUT2D eigenvalue weighted by molar-refractivity contribution is 6.11. The Morgan fingerprint density at radius 2 is 1.31 bits per heavy atom. The molecule has 8 rings (SSSR count). The van der Waals surface area contributed by atoms with Gasteiger partial charge >= 0.3 is 0 Å². The van der Waals surface area contributed by atoms with Crippen molar-refractivity contribution in [3.8, 4) is 44.6 Å². The van der Waals surface area contributed by atoms with E-state index in [1.165, 1.54) is 70.2 Å². The molecule has 2 aromatic heterocycles. The Balaban J connectivity index is 1.24. The molecule has 5 aromatic carbocycles. The lowest BCUT2D eigenvalue weighted by Gasteiger charge is -2.32. The van der Waals surface area contributed by atoms with Gasteiger partial charge in [-0.05, 0) is 106 Å². The van der Waals surface area contributed by atoms with Crippen LogP contribution >= 0.6 is 0 Å². The molecule has 7 aromatic rings. The second-order valence-corrected chi connectivity index (χ2v) is 12.6. The standard InChI is InChI=1S/C43H37NO/c1-4-22-43(23-5-2)37-14-10-9-13-33(37)36-25-30(17-20-38(36)43)32-21-24-44-39(26-32)34-18-15-28(3)41-35-19-16-31(27-40(35)45-42(34)41)29-11-7-6-8-12-29/h6-21,24-27H,4-5,22-23H2,1-3H3. The zero-order valence-electron chi connectivity index (χ0n) is 26.2. The van der Waals surface area contributed by atoms with Crippen molar-refractivity contribution >= 4 is 21.9 Å². The molecule has 0 unspecified atom stereocenters. The maximum absolute atomic E-state index is 6.65. The van der Waals surface area contributed by atoms with E-state index in [1.54, 1.807) is 0 Å². The van der Waals surface area contributed by atoms with Gasteiger partial charge in [-0.25, -0.2) is 0 Å². The van der Waals surface area contributed by atoms with E-state index in [-0.39, 0.29) is 5.41 Å². The van der Waals surface area contributed by atoms with Gasteiger partial charge in [-0.15, -0.1) is 0 Å². The van der Waals surface area contributed by atoms with Gasteiger partial charge in [0.05, 0.1) is 5.69 Å². The number of aromatic nitrogens is 1. The van der Waals surface area contributed by atoms with Crippen molar-refractivity contribution < 1.29 is 4.42 Å². The second kappa shape index (κ2) is 10.9. The molecular formula is C43H37NO. The van der Waals surface area contributed by atoms with Crippen LogP contribution in [0.3, 0.4) is 0 Å². The SMILES string of the molecule is CCCC1(CCC)c2ccccc2-c2cc(-c3ccnc(-c4ccc(C)c5c4oc4cc(-c6ccccc6)ccc45)c3)ccc21. The van der Waals surface area contributed by atoms with Crippen molar-refractivity contribution in [2.75, 3.05) is 0 Å². The van der Waals surface area contributed by atoms with E-state index in [4.69, 9.17) is 9.40 Å². The number of hydrogen-bond donors (Lipinski definition) is 0. The van der Waals surface area contributed by atoms with Gasteiger partial charge in [0.25, 0.3) is 0 Å². The third kappa shape index (κ3) is 4.35. The first-order valence-electron chi connectivity index (χ1n) is 16.3. The molecule has 1 aliphatic carbocycles. The summed E-state index contributed by atoms with van der Waals surface area (Å²) in [4.78, 5) is 4.87. The quantitative estimate of drug-likeness (QED) is 0.186. The molecule has 0 amide bonds. The molecule has 45 heavy (non-hydrogen) atoms. The van der Waals surface area contributed by atoms with Crippen molar-refractivity contribution in [3.63, 3.8) is 0 Å². The number of pyridine rings is 1. The summed E-state index contributed by atoms with van der Waals surface area (Å²) in [5, 5.41) is 2.30. The summed E-state index contributed by atoms with van der Waals surface area (Å²) in [5.41, 5.74) is 15.5. The van der Waals surface area contributed by atoms with Crippen LogP contribution in [0.4, 0.5) is 0 Å². The minimum atomic E-state index is 0.104. The molecule has 0 spiro atoms. The first-order valence-corrected chi connectivity index (χ1v) is 16.3. The summed E-state index contributed by atoms with van der Waals surface area (Å²) in [6.07, 6.45) is 6.63. The second-order valence-electron chi connectivity index (χ2n) is 12.6. The zero-order valence-corrected chi connectivity index (χ0v) is 26.2. The maximum Gasteiger partial charge on any atom is 0.145 e. The van der Waals surface area contributed by atoms with E-state index < -0.39 is 0 Å². The van der Waals surface area contributed by atoms with Crippen LogP contribution in [0.15, 0.2) is 126 Å². The monoisotopic (exact) mass is 583 g/mol. The Kier molecular flexibility index (Phi) is 6.68. The fourth-order valence-electron chi connectivity index (χ4n) is 7.98. The smallest absolute Gasteiger partial charge is 0.145 e. The molecule has 2 heteroatoms. The van der Waals surface area contributed by atoms with Crippen LogP contribution < -0.4 is 0 Å². The van der Waals surface area contributed by atoms with Gasteiger partial charge in [0.15, 0.2) is 0 Å². The van der Waals surface area contributed by atoms with Crippen LogP contribution in [0.2, 0.25) is 0 Å². The van der Waals surface area contributed by atoms with E-state index in [0.29, 0.717) is 0 Å². The van der Waals surface area contributed by atoms with Gasteiger partial charge in [0.2, 0.25) is 0 Å². The highest BCUT2D eigenvalue weighted by atomic mass is 16.3. The average Bonchev–Trinajstić information content (AvgIpc) is 3.60. The van der Waals surface area contributed by atoms with E-state index in [9.17, 15) is 0 Å². The molecule has 0 atom stereocenters. The molecule has 0 saturated carbocycles. The largest absolute Gasteiger partial charge is 0.455 e. The summed E-state index contributed by atoms with van der Waals surface area (Å²) in [5.74, 6) is 0.